The Kier molecular flexibility index (Phi) is 4.02. The van der Waals surface area contributed by atoms with E-state index in [1.807, 2.05) is 6.92 Å². The van der Waals surface area contributed by atoms with Crippen LogP contribution >= 0.6 is 0 Å². The first-order valence-corrected chi connectivity index (χ1v) is 7.70. The van der Waals surface area contributed by atoms with Crippen LogP contribution in [-0.2, 0) is 13.1 Å². The number of aryl methyl sites for hydroxylation is 2. The predicted octanol–water partition coefficient (Wildman–Crippen LogP) is 3.78. The van der Waals surface area contributed by atoms with Crippen molar-refractivity contribution in [1.29, 1.82) is 0 Å². The quantitative estimate of drug-likeness (QED) is 0.875. The lowest BCUT2D eigenvalue weighted by Crippen LogP contribution is -2.18. The smallest absolute Gasteiger partial charge is 0.105 e. The molecule has 1 aromatic carbocycles. The van der Waals surface area contributed by atoms with Crippen LogP contribution in [-0.4, -0.2) is 13.1 Å². The largest absolute Gasteiger partial charge is 0.469 e. The highest BCUT2D eigenvalue weighted by Gasteiger charge is 2.20. The van der Waals surface area contributed by atoms with Crippen LogP contribution in [0.15, 0.2) is 34.9 Å². The third kappa shape index (κ3) is 3.48. The van der Waals surface area contributed by atoms with Gasteiger partial charge in [0.1, 0.15) is 5.76 Å². The van der Waals surface area contributed by atoms with E-state index in [2.05, 4.69) is 48.5 Å². The number of furan rings is 1. The van der Waals surface area contributed by atoms with E-state index in [9.17, 15) is 0 Å². The Morgan fingerprint density at radius 3 is 2.67 bits per heavy atom. The lowest BCUT2D eigenvalue weighted by Gasteiger charge is -2.22. The molecule has 2 aromatic rings. The zero-order chi connectivity index (χ0) is 14.8. The molecule has 0 aliphatic heterocycles. The number of hydrogen-bond donors (Lipinski definition) is 1. The molecule has 3 rings (SSSR count). The highest BCUT2D eigenvalue weighted by Crippen LogP contribution is 2.24. The van der Waals surface area contributed by atoms with E-state index in [0.717, 1.165) is 24.9 Å². The fourth-order valence-corrected chi connectivity index (χ4v) is 2.72. The topological polar surface area (TPSA) is 28.4 Å². The van der Waals surface area contributed by atoms with Gasteiger partial charge in [-0.05, 0) is 49.9 Å². The Hall–Kier alpha value is -1.74. The maximum absolute atomic E-state index is 5.38. The van der Waals surface area contributed by atoms with Crippen LogP contribution in [0.2, 0.25) is 0 Å². The van der Waals surface area contributed by atoms with Crippen LogP contribution in [0.3, 0.4) is 0 Å². The molecule has 0 amide bonds. The molecule has 0 saturated heterocycles. The fraction of sp³-hybridized carbons (Fsp3) is 0.444. The summed E-state index contributed by atoms with van der Waals surface area (Å²) in [5, 5.41) is 3.57. The molecule has 112 valence electrons. The van der Waals surface area contributed by atoms with E-state index in [1.54, 1.807) is 6.26 Å². The van der Waals surface area contributed by atoms with E-state index < -0.39 is 0 Å². The standard InChI is InChI=1S/C18H24N2O/c1-13-10-15(11-19-17-5-6-17)4-7-18(13)20(3)12-16-8-9-21-14(16)2/h4,7-10,17,19H,5-6,11-12H2,1-3H3. The molecule has 0 unspecified atom stereocenters. The maximum Gasteiger partial charge on any atom is 0.105 e. The van der Waals surface area contributed by atoms with Crippen LogP contribution in [0.1, 0.15) is 35.3 Å². The number of hydrogen-bond acceptors (Lipinski definition) is 3. The Morgan fingerprint density at radius 2 is 2.05 bits per heavy atom. The van der Waals surface area contributed by atoms with Crippen molar-refractivity contribution < 1.29 is 4.42 Å². The van der Waals surface area contributed by atoms with Gasteiger partial charge in [0.05, 0.1) is 6.26 Å². The summed E-state index contributed by atoms with van der Waals surface area (Å²) in [5.74, 6) is 1.00. The first-order valence-electron chi connectivity index (χ1n) is 7.70. The van der Waals surface area contributed by atoms with Gasteiger partial charge in [0.15, 0.2) is 0 Å². The van der Waals surface area contributed by atoms with Crippen molar-refractivity contribution in [2.24, 2.45) is 0 Å². The number of benzene rings is 1. The Morgan fingerprint density at radius 1 is 1.24 bits per heavy atom. The highest BCUT2D eigenvalue weighted by molar-refractivity contribution is 5.54. The molecule has 3 heteroatoms. The minimum Gasteiger partial charge on any atom is -0.469 e. The zero-order valence-corrected chi connectivity index (χ0v) is 13.1. The van der Waals surface area contributed by atoms with Crippen LogP contribution < -0.4 is 10.2 Å². The molecule has 21 heavy (non-hydrogen) atoms. The summed E-state index contributed by atoms with van der Waals surface area (Å²) in [7, 11) is 2.14. The summed E-state index contributed by atoms with van der Waals surface area (Å²) in [5.41, 5.74) is 5.23. The van der Waals surface area contributed by atoms with E-state index in [4.69, 9.17) is 4.42 Å². The second-order valence-electron chi connectivity index (χ2n) is 6.13. The summed E-state index contributed by atoms with van der Waals surface area (Å²) >= 11 is 0. The molecule has 1 heterocycles. The molecule has 1 N–H and O–H groups in total. The van der Waals surface area contributed by atoms with Gasteiger partial charge in [-0.2, -0.15) is 0 Å². The van der Waals surface area contributed by atoms with Gasteiger partial charge in [-0.25, -0.2) is 0 Å². The Balaban J connectivity index is 1.67. The van der Waals surface area contributed by atoms with Crippen LogP contribution in [0, 0.1) is 13.8 Å². The average molecular weight is 284 g/mol. The Labute approximate surface area is 127 Å². The van der Waals surface area contributed by atoms with Gasteiger partial charge in [0.2, 0.25) is 0 Å². The fourth-order valence-electron chi connectivity index (χ4n) is 2.72. The molecule has 1 saturated carbocycles. The first kappa shape index (κ1) is 14.2. The van der Waals surface area contributed by atoms with Crippen LogP contribution in [0.25, 0.3) is 0 Å². The molecule has 0 spiro atoms. The van der Waals surface area contributed by atoms with Crippen molar-refractivity contribution in [3.63, 3.8) is 0 Å². The van der Waals surface area contributed by atoms with Gasteiger partial charge in [0.25, 0.3) is 0 Å². The second kappa shape index (κ2) is 5.94. The van der Waals surface area contributed by atoms with Crippen LogP contribution in [0.4, 0.5) is 5.69 Å². The molecule has 1 aromatic heterocycles. The minimum absolute atomic E-state index is 0.761. The molecular weight excluding hydrogens is 260 g/mol. The van der Waals surface area contributed by atoms with Gasteiger partial charge in [-0.15, -0.1) is 0 Å². The molecule has 3 nitrogen and oxygen atoms in total. The minimum atomic E-state index is 0.761. The molecule has 1 aliphatic carbocycles. The summed E-state index contributed by atoms with van der Waals surface area (Å²) in [6.07, 6.45) is 4.44. The van der Waals surface area contributed by atoms with Crippen molar-refractivity contribution >= 4 is 5.69 Å². The zero-order valence-electron chi connectivity index (χ0n) is 13.1. The van der Waals surface area contributed by atoms with E-state index in [0.29, 0.717) is 0 Å². The van der Waals surface area contributed by atoms with Crippen molar-refractivity contribution in [1.82, 2.24) is 5.32 Å². The third-order valence-electron chi connectivity index (χ3n) is 4.22. The third-order valence-corrected chi connectivity index (χ3v) is 4.22. The molecule has 0 bridgehead atoms. The lowest BCUT2D eigenvalue weighted by molar-refractivity contribution is 0.529. The number of anilines is 1. The van der Waals surface area contributed by atoms with Crippen molar-refractivity contribution in [2.45, 2.75) is 45.8 Å². The average Bonchev–Trinajstić information content (AvgIpc) is 3.20. The van der Waals surface area contributed by atoms with E-state index >= 15 is 0 Å². The second-order valence-corrected chi connectivity index (χ2v) is 6.13. The molecule has 0 atom stereocenters. The van der Waals surface area contributed by atoms with Gasteiger partial charge in [-0.3, -0.25) is 0 Å². The van der Waals surface area contributed by atoms with E-state index in [-0.39, 0.29) is 0 Å². The van der Waals surface area contributed by atoms with Crippen molar-refractivity contribution in [3.05, 3.63) is 53.0 Å². The molecule has 1 aliphatic rings. The summed E-state index contributed by atoms with van der Waals surface area (Å²) < 4.78 is 5.38. The summed E-state index contributed by atoms with van der Waals surface area (Å²) in [6.45, 7) is 6.07. The highest BCUT2D eigenvalue weighted by atomic mass is 16.3. The molecule has 1 fully saturated rings. The predicted molar refractivity (Wildman–Crippen MR) is 86.6 cm³/mol. The van der Waals surface area contributed by atoms with Gasteiger partial charge >= 0.3 is 0 Å². The Bertz CT molecular complexity index is 613. The van der Waals surface area contributed by atoms with Crippen LogP contribution in [0.5, 0.6) is 0 Å². The van der Waals surface area contributed by atoms with Gasteiger partial charge in [-0.1, -0.05) is 12.1 Å². The number of rotatable bonds is 6. The van der Waals surface area contributed by atoms with Crippen molar-refractivity contribution in [3.8, 4) is 0 Å². The maximum atomic E-state index is 5.38. The monoisotopic (exact) mass is 284 g/mol. The van der Waals surface area contributed by atoms with Crippen molar-refractivity contribution in [2.75, 3.05) is 11.9 Å². The summed E-state index contributed by atoms with van der Waals surface area (Å²) in [6, 6.07) is 9.57. The van der Waals surface area contributed by atoms with Gasteiger partial charge in [0, 0.05) is 37.4 Å². The number of nitrogens with one attached hydrogen (secondary N) is 1. The lowest BCUT2D eigenvalue weighted by atomic mass is 10.1. The normalized spacial score (nSPS) is 14.4. The summed E-state index contributed by atoms with van der Waals surface area (Å²) in [4.78, 5) is 2.28. The molecular formula is C18H24N2O. The van der Waals surface area contributed by atoms with E-state index in [1.165, 1.54) is 35.2 Å². The SMILES string of the molecule is Cc1cc(CNC2CC2)ccc1N(C)Cc1ccoc1C. The molecule has 0 radical (unpaired) electrons. The van der Waals surface area contributed by atoms with Gasteiger partial charge < -0.3 is 14.6 Å². The number of nitrogens with zero attached hydrogens (tertiary/aromatic N) is 1. The first-order chi connectivity index (χ1) is 10.1.